The van der Waals surface area contributed by atoms with Crippen molar-refractivity contribution in [1.29, 1.82) is 5.41 Å². The number of allylic oxidation sites excluding steroid dienone is 3. The van der Waals surface area contributed by atoms with Gasteiger partial charge in [-0.1, -0.05) is 61.6 Å². The van der Waals surface area contributed by atoms with Crippen molar-refractivity contribution in [2.24, 2.45) is 5.92 Å². The number of benzene rings is 1. The zero-order valence-corrected chi connectivity index (χ0v) is 17.5. The van der Waals surface area contributed by atoms with Gasteiger partial charge < -0.3 is 15.4 Å². The molecule has 2 unspecified atom stereocenters. The first-order valence-electron chi connectivity index (χ1n) is 9.39. The Hall–Kier alpha value is -2.64. The third kappa shape index (κ3) is 7.71. The predicted octanol–water partition coefficient (Wildman–Crippen LogP) is 2.83. The Labute approximate surface area is 176 Å². The third-order valence-electron chi connectivity index (χ3n) is 4.31. The lowest BCUT2D eigenvalue weighted by atomic mass is 10.0. The summed E-state index contributed by atoms with van der Waals surface area (Å²) in [6.07, 6.45) is 9.78. The predicted molar refractivity (Wildman–Crippen MR) is 118 cm³/mol. The zero-order valence-electron chi connectivity index (χ0n) is 16.7. The van der Waals surface area contributed by atoms with Crippen LogP contribution in [0.25, 0.3) is 0 Å². The molecule has 2 atom stereocenters. The van der Waals surface area contributed by atoms with Crippen molar-refractivity contribution in [3.63, 3.8) is 0 Å². The number of esters is 1. The van der Waals surface area contributed by atoms with Crippen molar-refractivity contribution in [3.05, 3.63) is 72.0 Å². The molecule has 0 aromatic heterocycles. The zero-order chi connectivity index (χ0) is 21.1. The molecule has 1 aromatic carbocycles. The molecule has 1 aliphatic carbocycles. The van der Waals surface area contributed by atoms with Crippen molar-refractivity contribution >= 4 is 29.4 Å². The maximum atomic E-state index is 12.4. The van der Waals surface area contributed by atoms with Gasteiger partial charge in [-0.25, -0.2) is 4.79 Å². The summed E-state index contributed by atoms with van der Waals surface area (Å²) in [6.45, 7) is 3.13. The molecule has 0 radical (unpaired) electrons. The third-order valence-corrected chi connectivity index (χ3v) is 5.71. The molecule has 1 aromatic rings. The molecule has 154 valence electrons. The number of hydrogen-bond donors (Lipinski definition) is 3. The number of ether oxygens (including phenoxy) is 1. The summed E-state index contributed by atoms with van der Waals surface area (Å²) in [5, 5.41) is 14.1. The summed E-state index contributed by atoms with van der Waals surface area (Å²) in [6, 6.07) is 9.88. The van der Waals surface area contributed by atoms with Gasteiger partial charge in [0.1, 0.15) is 0 Å². The van der Waals surface area contributed by atoms with E-state index in [0.29, 0.717) is 19.0 Å². The second-order valence-corrected chi connectivity index (χ2v) is 7.72. The molecule has 2 rings (SSSR count). The van der Waals surface area contributed by atoms with Crippen molar-refractivity contribution in [2.75, 3.05) is 19.4 Å². The van der Waals surface area contributed by atoms with Gasteiger partial charge in [-0.2, -0.15) is 0 Å². The number of thioether (sulfide) groups is 1. The minimum atomic E-state index is -0.791. The number of rotatable bonds is 10. The molecular weight excluding hydrogens is 386 g/mol. The fourth-order valence-corrected chi connectivity index (χ4v) is 3.69. The van der Waals surface area contributed by atoms with Crippen LogP contribution in [0.1, 0.15) is 12.5 Å². The molecule has 1 aliphatic rings. The lowest BCUT2D eigenvalue weighted by Crippen LogP contribution is -2.33. The van der Waals surface area contributed by atoms with Crippen LogP contribution in [0.15, 0.2) is 66.4 Å². The number of nitrogens with one attached hydrogen (secondary N) is 3. The Morgan fingerprint density at radius 1 is 1.21 bits per heavy atom. The van der Waals surface area contributed by atoms with Gasteiger partial charge in [-0.15, -0.1) is 11.8 Å². The molecule has 0 spiro atoms. The molecule has 29 heavy (non-hydrogen) atoms. The smallest absolute Gasteiger partial charge is 0.358 e. The quantitative estimate of drug-likeness (QED) is 0.312. The van der Waals surface area contributed by atoms with Crippen LogP contribution in [0.5, 0.6) is 0 Å². The van der Waals surface area contributed by atoms with Crippen molar-refractivity contribution in [2.45, 2.75) is 18.7 Å². The summed E-state index contributed by atoms with van der Waals surface area (Å²) in [5.74, 6) is -0.464. The molecule has 0 heterocycles. The summed E-state index contributed by atoms with van der Waals surface area (Å²) >= 11 is 1.53. The number of methoxy groups -OCH3 is 1. The van der Waals surface area contributed by atoms with Gasteiger partial charge in [0.25, 0.3) is 0 Å². The fraction of sp³-hybridized carbons (Fsp3) is 0.318. The Balaban J connectivity index is 1.91. The average molecular weight is 414 g/mol. The molecular formula is C22H27N3O3S. The van der Waals surface area contributed by atoms with E-state index in [-0.39, 0.29) is 28.3 Å². The minimum Gasteiger partial charge on any atom is -0.464 e. The topological polar surface area (TPSA) is 91.3 Å². The minimum absolute atomic E-state index is 0.148. The van der Waals surface area contributed by atoms with Crippen molar-refractivity contribution < 1.29 is 14.3 Å². The van der Waals surface area contributed by atoms with E-state index in [1.165, 1.54) is 18.9 Å². The van der Waals surface area contributed by atoms with Crippen LogP contribution >= 0.6 is 11.8 Å². The van der Waals surface area contributed by atoms with Gasteiger partial charge in [0.05, 0.1) is 18.6 Å². The summed E-state index contributed by atoms with van der Waals surface area (Å²) < 4.78 is 4.62. The summed E-state index contributed by atoms with van der Waals surface area (Å²) in [4.78, 5) is 24.1. The number of carbonyl (C=O) groups is 2. The highest BCUT2D eigenvalue weighted by Gasteiger charge is 2.19. The number of carbonyl (C=O) groups excluding carboxylic acids is 2. The fourth-order valence-electron chi connectivity index (χ4n) is 2.68. The van der Waals surface area contributed by atoms with Crippen LogP contribution in [0.2, 0.25) is 0 Å². The normalized spacial score (nSPS) is 18.3. The second kappa shape index (κ2) is 12.0. The molecule has 0 aliphatic heterocycles. The molecule has 0 saturated heterocycles. The first-order chi connectivity index (χ1) is 14.0. The Bertz CT molecular complexity index is 803. The van der Waals surface area contributed by atoms with E-state index >= 15 is 0 Å². The second-order valence-electron chi connectivity index (χ2n) is 6.55. The van der Waals surface area contributed by atoms with E-state index in [4.69, 9.17) is 5.41 Å². The average Bonchev–Trinajstić information content (AvgIpc) is 2.75. The maximum absolute atomic E-state index is 12.4. The molecule has 6 nitrogen and oxygen atoms in total. The van der Waals surface area contributed by atoms with Gasteiger partial charge in [0.2, 0.25) is 5.91 Å². The van der Waals surface area contributed by atoms with E-state index in [0.717, 1.165) is 5.56 Å². The standard InChI is InChI=1S/C22H27N3O3S/c1-16-8-6-7-11-19(16)29-15-20(26)25-18(21(23)22(27)28-2)12-13-24-14-17-9-4-3-5-10-17/h3-12,16,19,23-24H,13-15H2,1-2H3,(H,25,26)/b18-12+,23-21?. The maximum Gasteiger partial charge on any atom is 0.358 e. The highest BCUT2D eigenvalue weighted by atomic mass is 32.2. The van der Waals surface area contributed by atoms with Crippen LogP contribution in [0.4, 0.5) is 0 Å². The molecule has 3 N–H and O–H groups in total. The van der Waals surface area contributed by atoms with Crippen LogP contribution in [-0.4, -0.2) is 42.2 Å². The first kappa shape index (κ1) is 22.6. The van der Waals surface area contributed by atoms with Gasteiger partial charge in [-0.05, 0) is 17.6 Å². The highest BCUT2D eigenvalue weighted by molar-refractivity contribution is 8.00. The van der Waals surface area contributed by atoms with Gasteiger partial charge >= 0.3 is 5.97 Å². The SMILES string of the molecule is COC(=O)C(=N)/C(=C\CNCc1ccccc1)NC(=O)CSC1C=CC=CC1C. The Morgan fingerprint density at radius 2 is 1.93 bits per heavy atom. The van der Waals surface area contributed by atoms with Crippen LogP contribution in [0, 0.1) is 11.3 Å². The van der Waals surface area contributed by atoms with Gasteiger partial charge in [0.15, 0.2) is 5.71 Å². The molecule has 7 heteroatoms. The van der Waals surface area contributed by atoms with Crippen LogP contribution < -0.4 is 10.6 Å². The number of amides is 1. The van der Waals surface area contributed by atoms with E-state index in [1.54, 1.807) is 6.08 Å². The summed E-state index contributed by atoms with van der Waals surface area (Å²) in [5.41, 5.74) is 0.894. The molecule has 0 fully saturated rings. The van der Waals surface area contributed by atoms with Gasteiger partial charge in [0, 0.05) is 18.3 Å². The summed E-state index contributed by atoms with van der Waals surface area (Å²) in [7, 11) is 1.21. The molecule has 0 saturated carbocycles. The van der Waals surface area contributed by atoms with E-state index in [2.05, 4.69) is 34.4 Å². The van der Waals surface area contributed by atoms with E-state index < -0.39 is 5.97 Å². The largest absolute Gasteiger partial charge is 0.464 e. The Morgan fingerprint density at radius 3 is 2.62 bits per heavy atom. The molecule has 1 amide bonds. The van der Waals surface area contributed by atoms with Crippen LogP contribution in [-0.2, 0) is 20.9 Å². The van der Waals surface area contributed by atoms with Crippen molar-refractivity contribution in [1.82, 2.24) is 10.6 Å². The molecule has 0 bridgehead atoms. The van der Waals surface area contributed by atoms with Crippen LogP contribution in [0.3, 0.4) is 0 Å². The number of hydrogen-bond acceptors (Lipinski definition) is 6. The lowest BCUT2D eigenvalue weighted by molar-refractivity contribution is -0.132. The monoisotopic (exact) mass is 413 g/mol. The van der Waals surface area contributed by atoms with E-state index in [1.807, 2.05) is 42.5 Å². The van der Waals surface area contributed by atoms with E-state index in [9.17, 15) is 9.59 Å². The lowest BCUT2D eigenvalue weighted by Gasteiger charge is -2.19. The first-order valence-corrected chi connectivity index (χ1v) is 10.4. The van der Waals surface area contributed by atoms with Gasteiger partial charge in [-0.3, -0.25) is 10.2 Å². The Kier molecular flexibility index (Phi) is 9.40. The van der Waals surface area contributed by atoms with Crippen molar-refractivity contribution in [3.8, 4) is 0 Å². The highest BCUT2D eigenvalue weighted by Crippen LogP contribution is 2.24.